The van der Waals surface area contributed by atoms with Crippen molar-refractivity contribution >= 4 is 16.9 Å². The highest BCUT2D eigenvalue weighted by Crippen LogP contribution is 2.21. The van der Waals surface area contributed by atoms with Crippen molar-refractivity contribution in [1.82, 2.24) is 34.0 Å². The van der Waals surface area contributed by atoms with Crippen molar-refractivity contribution in [3.63, 3.8) is 0 Å². The van der Waals surface area contributed by atoms with Crippen molar-refractivity contribution in [3.8, 4) is 0 Å². The van der Waals surface area contributed by atoms with Crippen LogP contribution >= 0.6 is 0 Å². The fraction of sp³-hybridized carbons (Fsp3) is 0.684. The second-order valence-corrected chi connectivity index (χ2v) is 8.68. The minimum atomic E-state index is -0.190. The molecule has 8 heteroatoms. The lowest BCUT2D eigenvalue weighted by Gasteiger charge is -2.29. The minimum absolute atomic E-state index is 0.105. The number of imidazole rings is 1. The summed E-state index contributed by atoms with van der Waals surface area (Å²) in [5.41, 5.74) is 0.732. The number of aryl methyl sites for hydroxylation is 1. The first-order chi connectivity index (χ1) is 12.5. The van der Waals surface area contributed by atoms with Gasteiger partial charge in [0.1, 0.15) is 5.82 Å². The van der Waals surface area contributed by atoms with Gasteiger partial charge in [-0.15, -0.1) is 5.10 Å². The average Bonchev–Trinajstić information content (AvgIpc) is 3.16. The van der Waals surface area contributed by atoms with Gasteiger partial charge in [-0.3, -0.25) is 14.3 Å². The third kappa shape index (κ3) is 3.38. The van der Waals surface area contributed by atoms with Crippen LogP contribution in [-0.2, 0) is 18.5 Å². The average molecular weight is 374 g/mol. The number of fused-ring (bicyclic) bond motifs is 3. The standard InChI is InChI=1S/C19H31N7O/c1-9-24-16(27)14-15(22-17(21-14)19(6,7)8)26-18(24)20-13(23-26)10-25(11(2)3)12(4)5/h11-12H,9-10H2,1-8H3,(H,21,22). The third-order valence-electron chi connectivity index (χ3n) is 4.90. The molecular weight excluding hydrogens is 342 g/mol. The quantitative estimate of drug-likeness (QED) is 0.743. The van der Waals surface area contributed by atoms with Crippen molar-refractivity contribution < 1.29 is 0 Å². The lowest BCUT2D eigenvalue weighted by atomic mass is 9.96. The van der Waals surface area contributed by atoms with Gasteiger partial charge in [0.05, 0.1) is 6.54 Å². The van der Waals surface area contributed by atoms with Crippen LogP contribution in [0.15, 0.2) is 4.79 Å². The first-order valence-corrected chi connectivity index (χ1v) is 9.69. The van der Waals surface area contributed by atoms with Crippen molar-refractivity contribution in [2.24, 2.45) is 0 Å². The molecule has 0 saturated heterocycles. The zero-order valence-electron chi connectivity index (χ0n) is 17.7. The van der Waals surface area contributed by atoms with E-state index in [2.05, 4.69) is 68.3 Å². The Bertz CT molecular complexity index is 1010. The minimum Gasteiger partial charge on any atom is -0.336 e. The number of hydrogen-bond acceptors (Lipinski definition) is 5. The van der Waals surface area contributed by atoms with Crippen molar-refractivity contribution in [2.45, 2.75) is 86.0 Å². The third-order valence-corrected chi connectivity index (χ3v) is 4.90. The van der Waals surface area contributed by atoms with E-state index >= 15 is 0 Å². The number of H-pyrrole nitrogens is 1. The van der Waals surface area contributed by atoms with E-state index in [0.29, 0.717) is 47.9 Å². The van der Waals surface area contributed by atoms with Crippen LogP contribution in [-0.4, -0.2) is 46.1 Å². The Morgan fingerprint density at radius 3 is 2.26 bits per heavy atom. The molecule has 8 nitrogen and oxygen atoms in total. The summed E-state index contributed by atoms with van der Waals surface area (Å²) in [5, 5.41) is 4.71. The van der Waals surface area contributed by atoms with Crippen molar-refractivity contribution in [3.05, 3.63) is 22.0 Å². The van der Waals surface area contributed by atoms with Gasteiger partial charge in [-0.25, -0.2) is 4.98 Å². The van der Waals surface area contributed by atoms with Crippen LogP contribution in [0, 0.1) is 0 Å². The van der Waals surface area contributed by atoms with Crippen molar-refractivity contribution in [1.29, 1.82) is 0 Å². The molecule has 0 saturated carbocycles. The molecule has 3 heterocycles. The van der Waals surface area contributed by atoms with Gasteiger partial charge in [0.15, 0.2) is 17.0 Å². The van der Waals surface area contributed by atoms with Crippen LogP contribution in [0.5, 0.6) is 0 Å². The highest BCUT2D eigenvalue weighted by atomic mass is 16.1. The normalized spacial score (nSPS) is 13.1. The molecule has 0 bridgehead atoms. The van der Waals surface area contributed by atoms with Gasteiger partial charge in [0.25, 0.3) is 5.56 Å². The zero-order valence-corrected chi connectivity index (χ0v) is 17.7. The predicted molar refractivity (Wildman–Crippen MR) is 107 cm³/mol. The molecule has 0 unspecified atom stereocenters. The summed E-state index contributed by atoms with van der Waals surface area (Å²) in [6.07, 6.45) is 0. The van der Waals surface area contributed by atoms with E-state index in [4.69, 9.17) is 5.10 Å². The van der Waals surface area contributed by atoms with E-state index < -0.39 is 0 Å². The molecule has 3 aromatic heterocycles. The molecule has 1 N–H and O–H groups in total. The van der Waals surface area contributed by atoms with E-state index in [-0.39, 0.29) is 11.0 Å². The number of nitrogens with zero attached hydrogens (tertiary/aromatic N) is 6. The molecule has 27 heavy (non-hydrogen) atoms. The molecule has 3 rings (SSSR count). The summed E-state index contributed by atoms with van der Waals surface area (Å²) in [7, 11) is 0. The van der Waals surface area contributed by atoms with Gasteiger partial charge in [-0.1, -0.05) is 20.8 Å². The maximum atomic E-state index is 13.0. The molecular formula is C19H31N7O. The highest BCUT2D eigenvalue weighted by molar-refractivity contribution is 5.72. The Morgan fingerprint density at radius 1 is 1.11 bits per heavy atom. The molecule has 0 aliphatic carbocycles. The fourth-order valence-electron chi connectivity index (χ4n) is 3.39. The van der Waals surface area contributed by atoms with E-state index in [1.165, 1.54) is 0 Å². The molecule has 148 valence electrons. The topological polar surface area (TPSA) is 84.1 Å². The number of aromatic nitrogens is 6. The molecule has 0 fully saturated rings. The number of hydrogen-bond donors (Lipinski definition) is 1. The lowest BCUT2D eigenvalue weighted by molar-refractivity contribution is 0.161. The van der Waals surface area contributed by atoms with Crippen molar-refractivity contribution in [2.75, 3.05) is 0 Å². The summed E-state index contributed by atoms with van der Waals surface area (Å²) in [6.45, 7) is 18.0. The van der Waals surface area contributed by atoms with Crippen LogP contribution in [0.3, 0.4) is 0 Å². The molecule has 3 aromatic rings. The van der Waals surface area contributed by atoms with Crippen LogP contribution < -0.4 is 5.56 Å². The van der Waals surface area contributed by atoms with E-state index in [0.717, 1.165) is 5.82 Å². The monoisotopic (exact) mass is 373 g/mol. The maximum Gasteiger partial charge on any atom is 0.281 e. The Balaban J connectivity index is 2.23. The van der Waals surface area contributed by atoms with E-state index in [9.17, 15) is 4.79 Å². The van der Waals surface area contributed by atoms with E-state index in [1.807, 2.05) is 6.92 Å². The van der Waals surface area contributed by atoms with Crippen LogP contribution in [0.2, 0.25) is 0 Å². The molecule has 0 aliphatic heterocycles. The molecule has 0 amide bonds. The van der Waals surface area contributed by atoms with Crippen LogP contribution in [0.25, 0.3) is 16.9 Å². The smallest absolute Gasteiger partial charge is 0.281 e. The first kappa shape index (κ1) is 19.5. The second-order valence-electron chi connectivity index (χ2n) is 8.68. The first-order valence-electron chi connectivity index (χ1n) is 9.69. The number of rotatable bonds is 5. The summed E-state index contributed by atoms with van der Waals surface area (Å²) < 4.78 is 3.36. The van der Waals surface area contributed by atoms with Gasteiger partial charge in [0.2, 0.25) is 5.78 Å². The Hall–Kier alpha value is -2.22. The van der Waals surface area contributed by atoms with E-state index in [1.54, 1.807) is 9.08 Å². The Morgan fingerprint density at radius 2 is 1.74 bits per heavy atom. The summed E-state index contributed by atoms with van der Waals surface area (Å²) in [4.78, 5) is 27.9. The van der Waals surface area contributed by atoms with Gasteiger partial charge >= 0.3 is 0 Å². The highest BCUT2D eigenvalue weighted by Gasteiger charge is 2.24. The SMILES string of the molecule is CCn1c(=O)c2[nH]c(C(C)(C)C)nc2n2nc(CN(C(C)C)C(C)C)nc12. The molecule has 0 spiro atoms. The second kappa shape index (κ2) is 6.74. The number of nitrogens with one attached hydrogen (secondary N) is 1. The Labute approximate surface area is 159 Å². The largest absolute Gasteiger partial charge is 0.336 e. The van der Waals surface area contributed by atoms with Gasteiger partial charge < -0.3 is 4.98 Å². The van der Waals surface area contributed by atoms with Gasteiger partial charge in [0, 0.05) is 24.0 Å². The molecule has 0 atom stereocenters. The summed E-state index contributed by atoms with van der Waals surface area (Å²) in [6, 6.07) is 0.755. The van der Waals surface area contributed by atoms with Gasteiger partial charge in [-0.05, 0) is 34.6 Å². The van der Waals surface area contributed by atoms with Crippen LogP contribution in [0.1, 0.15) is 67.0 Å². The summed E-state index contributed by atoms with van der Waals surface area (Å²) >= 11 is 0. The molecule has 0 aliphatic rings. The summed E-state index contributed by atoms with van der Waals surface area (Å²) in [5.74, 6) is 2.02. The number of aromatic amines is 1. The van der Waals surface area contributed by atoms with Gasteiger partial charge in [-0.2, -0.15) is 9.50 Å². The zero-order chi connectivity index (χ0) is 20.1. The fourth-order valence-corrected chi connectivity index (χ4v) is 3.39. The predicted octanol–water partition coefficient (Wildman–Crippen LogP) is 2.70. The maximum absolute atomic E-state index is 13.0. The Kier molecular flexibility index (Phi) is 4.88. The lowest BCUT2D eigenvalue weighted by Crippen LogP contribution is -2.36. The molecule has 0 aromatic carbocycles. The molecule has 0 radical (unpaired) electrons. The van der Waals surface area contributed by atoms with Crippen LogP contribution in [0.4, 0.5) is 0 Å².